The molecule has 2 rings (SSSR count). The second-order valence-corrected chi connectivity index (χ2v) is 4.13. The van der Waals surface area contributed by atoms with Crippen LogP contribution in [-0.4, -0.2) is 31.0 Å². The quantitative estimate of drug-likeness (QED) is 0.598. The highest BCUT2D eigenvalue weighted by Crippen LogP contribution is 2.30. The maximum absolute atomic E-state index is 11.8. The number of nitrogens with zero attached hydrogens (tertiary/aromatic N) is 2. The number of hydrogen-bond donors (Lipinski definition) is 0. The number of amides is 1. The van der Waals surface area contributed by atoms with Crippen LogP contribution in [0.15, 0.2) is 18.2 Å². The Hall–Kier alpha value is -2.11. The number of rotatable bonds is 3. The van der Waals surface area contributed by atoms with Crippen molar-refractivity contribution in [1.82, 2.24) is 0 Å². The zero-order chi connectivity index (χ0) is 13.1. The van der Waals surface area contributed by atoms with E-state index in [9.17, 15) is 14.9 Å². The van der Waals surface area contributed by atoms with Gasteiger partial charge in [0.1, 0.15) is 5.75 Å². The van der Waals surface area contributed by atoms with Gasteiger partial charge in [-0.05, 0) is 36.6 Å². The zero-order valence-electron chi connectivity index (χ0n) is 10.1. The van der Waals surface area contributed by atoms with Crippen LogP contribution in [0.25, 0.3) is 0 Å². The lowest BCUT2D eigenvalue weighted by Gasteiger charge is -2.28. The maximum atomic E-state index is 11.8. The van der Waals surface area contributed by atoms with Crippen molar-refractivity contribution in [3.63, 3.8) is 0 Å². The number of fused-ring (bicyclic) bond motifs is 1. The van der Waals surface area contributed by atoms with E-state index in [1.165, 1.54) is 4.90 Å². The molecule has 1 amide bonds. The Morgan fingerprint density at radius 2 is 2.33 bits per heavy atom. The molecule has 96 valence electrons. The summed E-state index contributed by atoms with van der Waals surface area (Å²) in [6.45, 7) is -0.128. The second-order valence-electron chi connectivity index (χ2n) is 4.13. The Labute approximate surface area is 104 Å². The van der Waals surface area contributed by atoms with Crippen LogP contribution in [0.3, 0.4) is 0 Å². The van der Waals surface area contributed by atoms with E-state index in [2.05, 4.69) is 0 Å². The summed E-state index contributed by atoms with van der Waals surface area (Å²) in [6, 6.07) is 5.42. The van der Waals surface area contributed by atoms with Crippen LogP contribution in [0, 0.1) is 10.1 Å². The van der Waals surface area contributed by atoms with Crippen LogP contribution in [-0.2, 0) is 11.2 Å². The topological polar surface area (TPSA) is 72.7 Å². The number of hydrogen-bond acceptors (Lipinski definition) is 4. The number of methoxy groups -OCH3 is 1. The average Bonchev–Trinajstić information content (AvgIpc) is 2.36. The summed E-state index contributed by atoms with van der Waals surface area (Å²) >= 11 is 0. The minimum atomic E-state index is -0.661. The van der Waals surface area contributed by atoms with E-state index in [0.29, 0.717) is 6.54 Å². The van der Waals surface area contributed by atoms with Crippen LogP contribution >= 0.6 is 0 Å². The smallest absolute Gasteiger partial charge is 0.298 e. The second kappa shape index (κ2) is 5.03. The Balaban J connectivity index is 2.27. The van der Waals surface area contributed by atoms with Gasteiger partial charge in [-0.2, -0.15) is 0 Å². The van der Waals surface area contributed by atoms with Crippen molar-refractivity contribution >= 4 is 11.6 Å². The van der Waals surface area contributed by atoms with Gasteiger partial charge in [0.2, 0.25) is 0 Å². The molecule has 0 bridgehead atoms. The summed E-state index contributed by atoms with van der Waals surface area (Å²) < 4.78 is 5.13. The van der Waals surface area contributed by atoms with Crippen LogP contribution in [0.1, 0.15) is 12.0 Å². The van der Waals surface area contributed by atoms with Crippen molar-refractivity contribution < 1.29 is 14.5 Å². The minimum absolute atomic E-state index is 0.467. The molecule has 0 N–H and O–H groups in total. The van der Waals surface area contributed by atoms with Crippen molar-refractivity contribution in [2.75, 3.05) is 25.1 Å². The molecule has 6 nitrogen and oxygen atoms in total. The van der Waals surface area contributed by atoms with Crippen molar-refractivity contribution in [2.45, 2.75) is 12.8 Å². The van der Waals surface area contributed by atoms with Gasteiger partial charge in [-0.15, -0.1) is 0 Å². The Kier molecular flexibility index (Phi) is 3.45. The van der Waals surface area contributed by atoms with Gasteiger partial charge in [-0.25, -0.2) is 0 Å². The fourth-order valence-electron chi connectivity index (χ4n) is 2.16. The molecule has 0 saturated heterocycles. The highest BCUT2D eigenvalue weighted by atomic mass is 16.6. The summed E-state index contributed by atoms with van der Waals surface area (Å²) in [4.78, 5) is 23.1. The molecule has 6 heteroatoms. The normalized spacial score (nSPS) is 13.9. The Morgan fingerprint density at radius 3 is 3.00 bits per heavy atom. The van der Waals surface area contributed by atoms with E-state index in [1.807, 2.05) is 6.07 Å². The number of ether oxygens (including phenoxy) is 1. The molecule has 0 atom stereocenters. The highest BCUT2D eigenvalue weighted by molar-refractivity contribution is 5.95. The number of aryl methyl sites for hydroxylation is 1. The van der Waals surface area contributed by atoms with E-state index >= 15 is 0 Å². The number of carbonyl (C=O) groups is 1. The molecular formula is C12H14N2O4. The fourth-order valence-corrected chi connectivity index (χ4v) is 2.16. The van der Waals surface area contributed by atoms with Gasteiger partial charge in [0.25, 0.3) is 12.5 Å². The first kappa shape index (κ1) is 12.3. The number of carbonyl (C=O) groups excluding carboxylic acids is 1. The van der Waals surface area contributed by atoms with Crippen LogP contribution < -0.4 is 9.64 Å². The molecule has 0 fully saturated rings. The molecule has 1 aliphatic heterocycles. The molecule has 1 aromatic rings. The first-order valence-corrected chi connectivity index (χ1v) is 5.71. The monoisotopic (exact) mass is 250 g/mol. The highest BCUT2D eigenvalue weighted by Gasteiger charge is 2.25. The zero-order valence-corrected chi connectivity index (χ0v) is 10.1. The Morgan fingerprint density at radius 1 is 1.56 bits per heavy atom. The number of anilines is 1. The minimum Gasteiger partial charge on any atom is -0.497 e. The van der Waals surface area contributed by atoms with Crippen molar-refractivity contribution in [2.24, 2.45) is 0 Å². The number of benzene rings is 1. The van der Waals surface area contributed by atoms with E-state index in [4.69, 9.17) is 4.74 Å². The van der Waals surface area contributed by atoms with E-state index < -0.39 is 17.4 Å². The third kappa shape index (κ3) is 2.42. The summed E-state index contributed by atoms with van der Waals surface area (Å²) in [5.41, 5.74) is 1.76. The van der Waals surface area contributed by atoms with Crippen molar-refractivity contribution in [1.29, 1.82) is 0 Å². The summed E-state index contributed by atoms with van der Waals surface area (Å²) in [5.74, 6) is 0.267. The SMILES string of the molecule is COc1ccc2c(c1)CCCN2C(=O)C[N+](=O)[O-]. The first-order valence-electron chi connectivity index (χ1n) is 5.71. The lowest BCUT2D eigenvalue weighted by atomic mass is 10.0. The third-order valence-electron chi connectivity index (χ3n) is 2.97. The van der Waals surface area contributed by atoms with E-state index in [-0.39, 0.29) is 0 Å². The van der Waals surface area contributed by atoms with Gasteiger partial charge < -0.3 is 9.64 Å². The van der Waals surface area contributed by atoms with Gasteiger partial charge >= 0.3 is 0 Å². The molecule has 0 aliphatic carbocycles. The molecule has 0 aromatic heterocycles. The molecular weight excluding hydrogens is 236 g/mol. The predicted molar refractivity (Wildman–Crippen MR) is 65.5 cm³/mol. The molecule has 18 heavy (non-hydrogen) atoms. The average molecular weight is 250 g/mol. The molecule has 0 spiro atoms. The summed E-state index contributed by atoms with van der Waals surface area (Å²) in [6.07, 6.45) is 1.67. The van der Waals surface area contributed by atoms with Gasteiger partial charge in [-0.3, -0.25) is 14.9 Å². The lowest BCUT2D eigenvalue weighted by Crippen LogP contribution is -2.39. The maximum Gasteiger partial charge on any atom is 0.298 e. The molecule has 0 saturated carbocycles. The van der Waals surface area contributed by atoms with Crippen molar-refractivity contribution in [3.05, 3.63) is 33.9 Å². The first-order chi connectivity index (χ1) is 8.61. The predicted octanol–water partition coefficient (Wildman–Crippen LogP) is 1.25. The standard InChI is InChI=1S/C12H14N2O4/c1-18-10-4-5-11-9(7-10)3-2-6-13(11)12(15)8-14(16)17/h4-5,7H,2-3,6,8H2,1H3. The van der Waals surface area contributed by atoms with Crippen LogP contribution in [0.4, 0.5) is 5.69 Å². The molecule has 1 heterocycles. The van der Waals surface area contributed by atoms with Gasteiger partial charge in [0.15, 0.2) is 0 Å². The number of nitro groups is 1. The van der Waals surface area contributed by atoms with Gasteiger partial charge in [0, 0.05) is 17.2 Å². The third-order valence-corrected chi connectivity index (χ3v) is 2.97. The summed E-state index contributed by atoms with van der Waals surface area (Å²) in [5, 5.41) is 10.4. The molecule has 1 aliphatic rings. The van der Waals surface area contributed by atoms with Crippen molar-refractivity contribution in [3.8, 4) is 5.75 Å². The lowest BCUT2D eigenvalue weighted by molar-refractivity contribution is -0.467. The van der Waals surface area contributed by atoms with Gasteiger partial charge in [0.05, 0.1) is 7.11 Å². The van der Waals surface area contributed by atoms with Crippen LogP contribution in [0.5, 0.6) is 5.75 Å². The summed E-state index contributed by atoms with van der Waals surface area (Å²) in [7, 11) is 1.58. The molecule has 1 aromatic carbocycles. The Bertz CT molecular complexity index is 487. The van der Waals surface area contributed by atoms with E-state index in [1.54, 1.807) is 19.2 Å². The molecule has 0 unspecified atom stereocenters. The van der Waals surface area contributed by atoms with Crippen LogP contribution in [0.2, 0.25) is 0 Å². The van der Waals surface area contributed by atoms with Gasteiger partial charge in [-0.1, -0.05) is 0 Å². The largest absolute Gasteiger partial charge is 0.497 e. The fraction of sp³-hybridized carbons (Fsp3) is 0.417. The van der Waals surface area contributed by atoms with E-state index in [0.717, 1.165) is 29.8 Å². The molecule has 0 radical (unpaired) electrons.